The van der Waals surface area contributed by atoms with Crippen LogP contribution in [-0.2, 0) is 16.6 Å². The maximum absolute atomic E-state index is 12.8. The van der Waals surface area contributed by atoms with Gasteiger partial charge in [0, 0.05) is 17.1 Å². The van der Waals surface area contributed by atoms with Crippen molar-refractivity contribution < 1.29 is 22.7 Å². The number of halogens is 1. The minimum absolute atomic E-state index is 0.0633. The van der Waals surface area contributed by atoms with Crippen LogP contribution in [0, 0.1) is 0 Å². The minimum Gasteiger partial charge on any atom is -0.497 e. The molecule has 3 rings (SSSR count). The summed E-state index contributed by atoms with van der Waals surface area (Å²) in [6, 6.07) is 17.6. The van der Waals surface area contributed by atoms with Crippen LogP contribution in [0.4, 0.5) is 5.69 Å². The smallest absolute Gasteiger partial charge is 0.262 e. The number of carbonyl (C=O) groups is 1. The number of benzene rings is 3. The largest absolute Gasteiger partial charge is 0.497 e. The lowest BCUT2D eigenvalue weighted by Gasteiger charge is -2.13. The predicted molar refractivity (Wildman–Crippen MR) is 119 cm³/mol. The third-order valence-corrected chi connectivity index (χ3v) is 6.02. The van der Waals surface area contributed by atoms with Gasteiger partial charge < -0.3 is 14.8 Å². The second-order valence-corrected chi connectivity index (χ2v) is 8.63. The Bertz CT molecular complexity index is 1180. The van der Waals surface area contributed by atoms with Crippen LogP contribution in [0.15, 0.2) is 71.6 Å². The summed E-state index contributed by atoms with van der Waals surface area (Å²) in [5.74, 6) is 0.645. The topological polar surface area (TPSA) is 93.7 Å². The predicted octanol–water partition coefficient (Wildman–Crippen LogP) is 4.09. The molecule has 0 atom stereocenters. The molecule has 0 aliphatic rings. The van der Waals surface area contributed by atoms with E-state index in [-0.39, 0.29) is 22.7 Å². The van der Waals surface area contributed by atoms with Gasteiger partial charge in [-0.15, -0.1) is 0 Å². The molecule has 0 bridgehead atoms. The number of rotatable bonds is 8. The zero-order valence-electron chi connectivity index (χ0n) is 16.9. The summed E-state index contributed by atoms with van der Waals surface area (Å²) < 4.78 is 38.4. The molecule has 0 radical (unpaired) electrons. The molecule has 9 heteroatoms. The fraction of sp³-hybridized carbons (Fsp3) is 0.136. The second-order valence-electron chi connectivity index (χ2n) is 6.51. The van der Waals surface area contributed by atoms with Crippen LogP contribution in [0.3, 0.4) is 0 Å². The summed E-state index contributed by atoms with van der Waals surface area (Å²) >= 11 is 5.97. The first kappa shape index (κ1) is 22.5. The summed E-state index contributed by atoms with van der Waals surface area (Å²) in [6.45, 7) is 0.289. The van der Waals surface area contributed by atoms with E-state index in [1.807, 2.05) is 12.1 Å². The van der Waals surface area contributed by atoms with Gasteiger partial charge in [0.15, 0.2) is 0 Å². The van der Waals surface area contributed by atoms with Crippen molar-refractivity contribution in [2.24, 2.45) is 0 Å². The Kier molecular flexibility index (Phi) is 7.04. The fourth-order valence-electron chi connectivity index (χ4n) is 2.80. The Balaban J connectivity index is 1.75. The van der Waals surface area contributed by atoms with Gasteiger partial charge in [0.2, 0.25) is 0 Å². The lowest BCUT2D eigenvalue weighted by atomic mass is 10.2. The number of hydrogen-bond donors (Lipinski definition) is 2. The molecule has 0 saturated carbocycles. The molecule has 0 fully saturated rings. The summed E-state index contributed by atoms with van der Waals surface area (Å²) in [4.78, 5) is 12.5. The average Bonchev–Trinajstić information content (AvgIpc) is 2.78. The molecule has 3 aromatic rings. The monoisotopic (exact) mass is 460 g/mol. The fourth-order valence-corrected chi connectivity index (χ4v) is 4.07. The number of ether oxygens (including phenoxy) is 2. The molecule has 0 unspecified atom stereocenters. The van der Waals surface area contributed by atoms with Crippen molar-refractivity contribution in [3.63, 3.8) is 0 Å². The highest BCUT2D eigenvalue weighted by Crippen LogP contribution is 2.30. The first-order valence-corrected chi connectivity index (χ1v) is 11.1. The molecule has 0 saturated heterocycles. The number of anilines is 1. The van der Waals surface area contributed by atoms with Gasteiger partial charge in [-0.25, -0.2) is 8.42 Å². The molecule has 0 heterocycles. The van der Waals surface area contributed by atoms with Crippen LogP contribution in [0.25, 0.3) is 0 Å². The summed E-state index contributed by atoms with van der Waals surface area (Å²) in [5.41, 5.74) is 1.30. The van der Waals surface area contributed by atoms with Gasteiger partial charge in [-0.1, -0.05) is 29.8 Å². The van der Waals surface area contributed by atoms with E-state index < -0.39 is 15.9 Å². The zero-order valence-corrected chi connectivity index (χ0v) is 18.5. The molecule has 7 nitrogen and oxygen atoms in total. The normalized spacial score (nSPS) is 10.9. The Morgan fingerprint density at radius 2 is 1.71 bits per heavy atom. The van der Waals surface area contributed by atoms with Crippen LogP contribution in [-0.4, -0.2) is 28.5 Å². The Morgan fingerprint density at radius 1 is 0.968 bits per heavy atom. The molecular formula is C22H21ClN2O5S. The van der Waals surface area contributed by atoms with E-state index in [2.05, 4.69) is 10.0 Å². The molecule has 0 aromatic heterocycles. The number of hydrogen-bond acceptors (Lipinski definition) is 5. The van der Waals surface area contributed by atoms with Crippen molar-refractivity contribution >= 4 is 33.2 Å². The quantitative estimate of drug-likeness (QED) is 0.528. The van der Waals surface area contributed by atoms with E-state index >= 15 is 0 Å². The van der Waals surface area contributed by atoms with Crippen molar-refractivity contribution in [3.8, 4) is 11.5 Å². The standard InChI is InChI=1S/C22H21ClN2O5S/c1-29-18-9-6-15(7-10-18)14-24-22(26)16-4-3-5-19(12-16)31(27,28)25-20-13-17(23)8-11-21(20)30-2/h3-13,25H,14H2,1-2H3,(H,24,26). The van der Waals surface area contributed by atoms with E-state index in [0.717, 1.165) is 11.3 Å². The summed E-state index contributed by atoms with van der Waals surface area (Å²) in [6.07, 6.45) is 0. The third-order valence-electron chi connectivity index (χ3n) is 4.42. The first-order chi connectivity index (χ1) is 14.8. The zero-order chi connectivity index (χ0) is 22.4. The lowest BCUT2D eigenvalue weighted by Crippen LogP contribution is -2.23. The third kappa shape index (κ3) is 5.68. The van der Waals surface area contributed by atoms with Gasteiger partial charge >= 0.3 is 0 Å². The number of carbonyl (C=O) groups excluding carboxylic acids is 1. The van der Waals surface area contributed by atoms with Gasteiger partial charge in [0.05, 0.1) is 24.8 Å². The minimum atomic E-state index is -3.98. The van der Waals surface area contributed by atoms with E-state index in [4.69, 9.17) is 21.1 Å². The first-order valence-electron chi connectivity index (χ1n) is 9.20. The number of amides is 1. The van der Waals surface area contributed by atoms with Crippen molar-refractivity contribution in [3.05, 3.63) is 82.9 Å². The van der Waals surface area contributed by atoms with Crippen molar-refractivity contribution in [2.45, 2.75) is 11.4 Å². The number of nitrogens with one attached hydrogen (secondary N) is 2. The molecule has 0 aliphatic heterocycles. The van der Waals surface area contributed by atoms with Gasteiger partial charge in [0.25, 0.3) is 15.9 Å². The Hall–Kier alpha value is -3.23. The molecule has 31 heavy (non-hydrogen) atoms. The van der Waals surface area contributed by atoms with Gasteiger partial charge in [-0.05, 0) is 54.1 Å². The molecule has 162 valence electrons. The number of sulfonamides is 1. The molecule has 3 aromatic carbocycles. The maximum atomic E-state index is 12.8. The highest BCUT2D eigenvalue weighted by atomic mass is 35.5. The van der Waals surface area contributed by atoms with Crippen LogP contribution in [0.5, 0.6) is 11.5 Å². The Morgan fingerprint density at radius 3 is 2.39 bits per heavy atom. The highest BCUT2D eigenvalue weighted by Gasteiger charge is 2.18. The van der Waals surface area contributed by atoms with E-state index in [1.165, 1.54) is 31.4 Å². The highest BCUT2D eigenvalue weighted by molar-refractivity contribution is 7.92. The van der Waals surface area contributed by atoms with Crippen LogP contribution >= 0.6 is 11.6 Å². The van der Waals surface area contributed by atoms with Gasteiger partial charge in [-0.2, -0.15) is 0 Å². The molecule has 1 amide bonds. The van der Waals surface area contributed by atoms with Crippen LogP contribution < -0.4 is 19.5 Å². The van der Waals surface area contributed by atoms with Gasteiger partial charge in [-0.3, -0.25) is 9.52 Å². The lowest BCUT2D eigenvalue weighted by molar-refractivity contribution is 0.0950. The second kappa shape index (κ2) is 9.72. The maximum Gasteiger partial charge on any atom is 0.262 e. The van der Waals surface area contributed by atoms with E-state index in [0.29, 0.717) is 10.8 Å². The van der Waals surface area contributed by atoms with E-state index in [1.54, 1.807) is 37.4 Å². The van der Waals surface area contributed by atoms with Crippen LogP contribution in [0.2, 0.25) is 5.02 Å². The molecule has 2 N–H and O–H groups in total. The van der Waals surface area contributed by atoms with Crippen LogP contribution in [0.1, 0.15) is 15.9 Å². The van der Waals surface area contributed by atoms with Crippen molar-refractivity contribution in [2.75, 3.05) is 18.9 Å². The summed E-state index contributed by atoms with van der Waals surface area (Å²) in [7, 11) is -0.972. The van der Waals surface area contributed by atoms with Gasteiger partial charge in [0.1, 0.15) is 11.5 Å². The average molecular weight is 461 g/mol. The van der Waals surface area contributed by atoms with Crippen molar-refractivity contribution in [1.29, 1.82) is 0 Å². The van der Waals surface area contributed by atoms with E-state index in [9.17, 15) is 13.2 Å². The summed E-state index contributed by atoms with van der Waals surface area (Å²) in [5, 5.41) is 3.13. The molecule has 0 aliphatic carbocycles. The Labute approximate surface area is 186 Å². The number of methoxy groups -OCH3 is 2. The molecule has 0 spiro atoms. The molecular weight excluding hydrogens is 440 g/mol. The SMILES string of the molecule is COc1ccc(CNC(=O)c2cccc(S(=O)(=O)Nc3cc(Cl)ccc3OC)c2)cc1. The van der Waals surface area contributed by atoms with Crippen molar-refractivity contribution in [1.82, 2.24) is 5.32 Å².